The Labute approximate surface area is 114 Å². The highest BCUT2D eigenvalue weighted by atomic mass is 32.2. The number of benzene rings is 2. The number of sulfonamides is 1. The molecule has 19 heavy (non-hydrogen) atoms. The Morgan fingerprint density at radius 2 is 1.53 bits per heavy atom. The van der Waals surface area contributed by atoms with Gasteiger partial charge in [0.15, 0.2) is 0 Å². The summed E-state index contributed by atoms with van der Waals surface area (Å²) in [6.45, 7) is 2.04. The molecule has 2 aromatic carbocycles. The van der Waals surface area contributed by atoms with E-state index in [1.165, 1.54) is 4.31 Å². The van der Waals surface area contributed by atoms with Crippen molar-refractivity contribution in [2.45, 2.75) is 18.2 Å². The molecule has 0 amide bonds. The van der Waals surface area contributed by atoms with E-state index in [1.807, 2.05) is 37.3 Å². The molecule has 0 heterocycles. The molecule has 0 aliphatic carbocycles. The summed E-state index contributed by atoms with van der Waals surface area (Å²) in [5, 5.41) is 0. The summed E-state index contributed by atoms with van der Waals surface area (Å²) in [6.07, 6.45) is 0.898. The van der Waals surface area contributed by atoms with Gasteiger partial charge in [0, 0.05) is 7.05 Å². The van der Waals surface area contributed by atoms with Crippen LogP contribution in [-0.2, 0) is 16.4 Å². The zero-order valence-electron chi connectivity index (χ0n) is 11.1. The quantitative estimate of drug-likeness (QED) is 0.860. The molecule has 2 rings (SSSR count). The van der Waals surface area contributed by atoms with Crippen molar-refractivity contribution in [1.82, 2.24) is 0 Å². The molecule has 0 aromatic heterocycles. The van der Waals surface area contributed by atoms with E-state index in [0.29, 0.717) is 10.6 Å². The van der Waals surface area contributed by atoms with Crippen molar-refractivity contribution in [3.05, 3.63) is 60.2 Å². The fourth-order valence-corrected chi connectivity index (χ4v) is 3.03. The van der Waals surface area contributed by atoms with Crippen LogP contribution in [0.1, 0.15) is 12.5 Å². The second kappa shape index (κ2) is 5.45. The summed E-state index contributed by atoms with van der Waals surface area (Å²) in [7, 11) is -1.92. The van der Waals surface area contributed by atoms with Gasteiger partial charge >= 0.3 is 0 Å². The molecule has 2 aromatic rings. The first-order valence-electron chi connectivity index (χ1n) is 6.18. The van der Waals surface area contributed by atoms with Gasteiger partial charge in [-0.1, -0.05) is 37.3 Å². The van der Waals surface area contributed by atoms with Crippen molar-refractivity contribution in [2.24, 2.45) is 0 Å². The number of para-hydroxylation sites is 1. The summed E-state index contributed by atoms with van der Waals surface area (Å²) in [4.78, 5) is 0.316. The molecule has 0 bridgehead atoms. The summed E-state index contributed by atoms with van der Waals surface area (Å²) in [5.74, 6) is 0. The number of anilines is 1. The fourth-order valence-electron chi connectivity index (χ4n) is 1.83. The SMILES string of the molecule is CCc1ccc(S(=O)(=O)N(C)c2ccccc2)cc1. The Hall–Kier alpha value is -1.81. The lowest BCUT2D eigenvalue weighted by molar-refractivity contribution is 0.594. The van der Waals surface area contributed by atoms with Crippen molar-refractivity contribution in [2.75, 3.05) is 11.4 Å². The number of hydrogen-bond acceptors (Lipinski definition) is 2. The third-order valence-electron chi connectivity index (χ3n) is 3.11. The van der Waals surface area contributed by atoms with Crippen LogP contribution in [0.3, 0.4) is 0 Å². The zero-order valence-corrected chi connectivity index (χ0v) is 11.9. The average molecular weight is 275 g/mol. The van der Waals surface area contributed by atoms with Gasteiger partial charge in [-0.25, -0.2) is 8.42 Å². The zero-order chi connectivity index (χ0) is 13.9. The van der Waals surface area contributed by atoms with Gasteiger partial charge in [-0.2, -0.15) is 0 Å². The second-order valence-electron chi connectivity index (χ2n) is 4.31. The van der Waals surface area contributed by atoms with Crippen LogP contribution < -0.4 is 4.31 Å². The monoisotopic (exact) mass is 275 g/mol. The highest BCUT2D eigenvalue weighted by Gasteiger charge is 2.20. The van der Waals surface area contributed by atoms with Crippen LogP contribution in [0.2, 0.25) is 0 Å². The van der Waals surface area contributed by atoms with Gasteiger partial charge in [-0.05, 0) is 36.2 Å². The van der Waals surface area contributed by atoms with Crippen molar-refractivity contribution in [3.8, 4) is 0 Å². The third kappa shape index (κ3) is 2.79. The molecule has 0 atom stereocenters. The van der Waals surface area contributed by atoms with Crippen molar-refractivity contribution in [1.29, 1.82) is 0 Å². The first-order valence-corrected chi connectivity index (χ1v) is 7.62. The molecule has 0 spiro atoms. The Morgan fingerprint density at radius 3 is 2.05 bits per heavy atom. The maximum absolute atomic E-state index is 12.5. The normalized spacial score (nSPS) is 11.3. The first kappa shape index (κ1) is 13.6. The standard InChI is InChI=1S/C15H17NO2S/c1-3-13-9-11-15(12-10-13)19(17,18)16(2)14-7-5-4-6-8-14/h4-12H,3H2,1-2H3. The second-order valence-corrected chi connectivity index (χ2v) is 6.27. The molecule has 0 saturated heterocycles. The maximum atomic E-state index is 12.5. The predicted octanol–water partition coefficient (Wildman–Crippen LogP) is 3.07. The maximum Gasteiger partial charge on any atom is 0.264 e. The third-order valence-corrected chi connectivity index (χ3v) is 4.91. The highest BCUT2D eigenvalue weighted by molar-refractivity contribution is 7.92. The van der Waals surface area contributed by atoms with Crippen LogP contribution in [-0.4, -0.2) is 15.5 Å². The molecule has 100 valence electrons. The molecular formula is C15H17NO2S. The Bertz CT molecular complexity index is 634. The van der Waals surface area contributed by atoms with E-state index in [-0.39, 0.29) is 0 Å². The summed E-state index contributed by atoms with van der Waals surface area (Å²) in [5.41, 5.74) is 1.78. The minimum Gasteiger partial charge on any atom is -0.269 e. The van der Waals surface area contributed by atoms with Crippen LogP contribution in [0, 0.1) is 0 Å². The Balaban J connectivity index is 2.36. The van der Waals surface area contributed by atoms with Crippen molar-refractivity contribution in [3.63, 3.8) is 0 Å². The molecule has 0 N–H and O–H groups in total. The van der Waals surface area contributed by atoms with Gasteiger partial charge in [0.05, 0.1) is 10.6 Å². The topological polar surface area (TPSA) is 37.4 Å². The molecule has 0 aliphatic rings. The molecule has 0 unspecified atom stereocenters. The van der Waals surface area contributed by atoms with E-state index in [1.54, 1.807) is 31.3 Å². The fraction of sp³-hybridized carbons (Fsp3) is 0.200. The minimum atomic E-state index is -3.48. The molecule has 0 radical (unpaired) electrons. The molecule has 3 nitrogen and oxygen atoms in total. The molecule has 0 aliphatic heterocycles. The van der Waals surface area contributed by atoms with Crippen LogP contribution in [0.5, 0.6) is 0 Å². The van der Waals surface area contributed by atoms with E-state index >= 15 is 0 Å². The van der Waals surface area contributed by atoms with E-state index in [2.05, 4.69) is 0 Å². The van der Waals surface area contributed by atoms with Crippen molar-refractivity contribution >= 4 is 15.7 Å². The van der Waals surface area contributed by atoms with Crippen LogP contribution >= 0.6 is 0 Å². The first-order chi connectivity index (χ1) is 9.05. The van der Waals surface area contributed by atoms with Gasteiger partial charge in [-0.3, -0.25) is 4.31 Å². The van der Waals surface area contributed by atoms with Gasteiger partial charge in [-0.15, -0.1) is 0 Å². The smallest absolute Gasteiger partial charge is 0.264 e. The number of hydrogen-bond donors (Lipinski definition) is 0. The van der Waals surface area contributed by atoms with Gasteiger partial charge in [0.25, 0.3) is 10.0 Å². The molecule has 0 fully saturated rings. The van der Waals surface area contributed by atoms with Gasteiger partial charge < -0.3 is 0 Å². The summed E-state index contributed by atoms with van der Waals surface area (Å²) in [6, 6.07) is 16.1. The molecular weight excluding hydrogens is 258 g/mol. The predicted molar refractivity (Wildman–Crippen MR) is 77.9 cm³/mol. The van der Waals surface area contributed by atoms with E-state index < -0.39 is 10.0 Å². The number of nitrogens with zero attached hydrogens (tertiary/aromatic N) is 1. The van der Waals surface area contributed by atoms with Crippen LogP contribution in [0.15, 0.2) is 59.5 Å². The van der Waals surface area contributed by atoms with E-state index in [0.717, 1.165) is 12.0 Å². The highest BCUT2D eigenvalue weighted by Crippen LogP contribution is 2.21. The lowest BCUT2D eigenvalue weighted by Crippen LogP contribution is -2.26. The van der Waals surface area contributed by atoms with Gasteiger partial charge in [0.1, 0.15) is 0 Å². The molecule has 4 heteroatoms. The van der Waals surface area contributed by atoms with Gasteiger partial charge in [0.2, 0.25) is 0 Å². The lowest BCUT2D eigenvalue weighted by Gasteiger charge is -2.19. The number of rotatable bonds is 4. The summed E-state index contributed by atoms with van der Waals surface area (Å²) >= 11 is 0. The van der Waals surface area contributed by atoms with Crippen LogP contribution in [0.4, 0.5) is 5.69 Å². The molecule has 0 saturated carbocycles. The number of aryl methyl sites for hydroxylation is 1. The largest absolute Gasteiger partial charge is 0.269 e. The average Bonchev–Trinajstić information content (AvgIpc) is 2.47. The summed E-state index contributed by atoms with van der Waals surface area (Å²) < 4.78 is 26.2. The van der Waals surface area contributed by atoms with E-state index in [9.17, 15) is 8.42 Å². The lowest BCUT2D eigenvalue weighted by atomic mass is 10.2. The van der Waals surface area contributed by atoms with Crippen molar-refractivity contribution < 1.29 is 8.42 Å². The van der Waals surface area contributed by atoms with Crippen LogP contribution in [0.25, 0.3) is 0 Å². The van der Waals surface area contributed by atoms with E-state index in [4.69, 9.17) is 0 Å². The Kier molecular flexibility index (Phi) is 3.90. The Morgan fingerprint density at radius 1 is 0.947 bits per heavy atom. The minimum absolute atomic E-state index is 0.316.